The summed E-state index contributed by atoms with van der Waals surface area (Å²) in [7, 11) is 0. The average Bonchev–Trinajstić information content (AvgIpc) is 2.77. The van der Waals surface area contributed by atoms with Gasteiger partial charge in [0.2, 0.25) is 0 Å². The van der Waals surface area contributed by atoms with E-state index >= 15 is 0 Å². The Morgan fingerprint density at radius 3 is 2.30 bits per heavy atom. The molecule has 0 aliphatic carbocycles. The van der Waals surface area contributed by atoms with Gasteiger partial charge in [-0.15, -0.1) is 0 Å². The van der Waals surface area contributed by atoms with E-state index < -0.39 is 0 Å². The summed E-state index contributed by atoms with van der Waals surface area (Å²) in [5.74, 6) is 0. The van der Waals surface area contributed by atoms with E-state index in [1.165, 1.54) is 27.7 Å². The van der Waals surface area contributed by atoms with Gasteiger partial charge in [-0.2, -0.15) is 0 Å². The standard InChI is InChI=1S/C12H15N.C3H6O2.C2H6/c1-4-10-5-6-12-11(7-10)8(2)9(3)13-12;1-2-5-3-4;1-2/h5-7,13H,4H2,1-3H3;3H,2H2,1H3;1-2H3. The van der Waals surface area contributed by atoms with Crippen LogP contribution in [0.25, 0.3) is 10.9 Å². The molecule has 0 unspecified atom stereocenters. The lowest BCUT2D eigenvalue weighted by Crippen LogP contribution is -1.80. The summed E-state index contributed by atoms with van der Waals surface area (Å²) in [5.41, 5.74) is 5.33. The number of fused-ring (bicyclic) bond motifs is 1. The molecule has 1 aromatic heterocycles. The summed E-state index contributed by atoms with van der Waals surface area (Å²) in [5, 5.41) is 1.37. The van der Waals surface area contributed by atoms with Gasteiger partial charge in [0.05, 0.1) is 6.61 Å². The molecule has 0 bridgehead atoms. The summed E-state index contributed by atoms with van der Waals surface area (Å²) in [6.45, 7) is 13.2. The second-order valence-corrected chi connectivity index (χ2v) is 4.16. The SMILES string of the molecule is CC.CCOC=O.CCc1ccc2[nH]c(C)c(C)c2c1. The molecule has 0 aliphatic rings. The predicted octanol–water partition coefficient (Wildman–Crippen LogP) is 4.55. The molecular formula is C17H27NO2. The first-order valence-corrected chi connectivity index (χ1v) is 7.27. The van der Waals surface area contributed by atoms with E-state index in [-0.39, 0.29) is 0 Å². The maximum atomic E-state index is 9.18. The number of aromatic nitrogens is 1. The third kappa shape index (κ3) is 5.08. The summed E-state index contributed by atoms with van der Waals surface area (Å²) in [6, 6.07) is 6.65. The van der Waals surface area contributed by atoms with E-state index in [0.717, 1.165) is 6.42 Å². The van der Waals surface area contributed by atoms with Gasteiger partial charge in [-0.3, -0.25) is 4.79 Å². The summed E-state index contributed by atoms with van der Waals surface area (Å²) in [4.78, 5) is 12.6. The zero-order valence-corrected chi connectivity index (χ0v) is 13.5. The van der Waals surface area contributed by atoms with Crippen LogP contribution in [-0.2, 0) is 16.0 Å². The van der Waals surface area contributed by atoms with Crippen LogP contribution in [0.1, 0.15) is 44.5 Å². The van der Waals surface area contributed by atoms with Gasteiger partial charge in [0.1, 0.15) is 0 Å². The molecule has 0 aliphatic heterocycles. The van der Waals surface area contributed by atoms with Crippen molar-refractivity contribution in [1.82, 2.24) is 4.98 Å². The molecule has 0 spiro atoms. The first-order valence-electron chi connectivity index (χ1n) is 7.27. The Morgan fingerprint density at radius 1 is 1.20 bits per heavy atom. The predicted molar refractivity (Wildman–Crippen MR) is 86.2 cm³/mol. The van der Waals surface area contributed by atoms with Crippen molar-refractivity contribution in [3.63, 3.8) is 0 Å². The van der Waals surface area contributed by atoms with Crippen molar-refractivity contribution in [3.8, 4) is 0 Å². The Labute approximate surface area is 122 Å². The Bertz CT molecular complexity index is 515. The van der Waals surface area contributed by atoms with Gasteiger partial charge in [0.25, 0.3) is 6.47 Å². The zero-order valence-electron chi connectivity index (χ0n) is 13.5. The maximum Gasteiger partial charge on any atom is 0.293 e. The first-order chi connectivity index (χ1) is 9.63. The topological polar surface area (TPSA) is 42.1 Å². The van der Waals surface area contributed by atoms with Crippen molar-refractivity contribution in [2.45, 2.75) is 48.0 Å². The number of ether oxygens (including phenoxy) is 1. The van der Waals surface area contributed by atoms with Crippen molar-refractivity contribution in [1.29, 1.82) is 0 Å². The van der Waals surface area contributed by atoms with Crippen molar-refractivity contribution < 1.29 is 9.53 Å². The molecule has 0 amide bonds. The zero-order chi connectivity index (χ0) is 15.5. The van der Waals surface area contributed by atoms with Crippen LogP contribution in [0, 0.1) is 13.8 Å². The minimum atomic E-state index is 0.431. The molecule has 2 aromatic rings. The molecule has 1 aromatic carbocycles. The molecule has 0 saturated heterocycles. The number of hydrogen-bond donors (Lipinski definition) is 1. The maximum absolute atomic E-state index is 9.18. The van der Waals surface area contributed by atoms with E-state index in [0.29, 0.717) is 13.1 Å². The van der Waals surface area contributed by atoms with Crippen molar-refractivity contribution in [2.75, 3.05) is 6.61 Å². The smallest absolute Gasteiger partial charge is 0.293 e. The molecule has 0 fully saturated rings. The fraction of sp³-hybridized carbons (Fsp3) is 0.471. The van der Waals surface area contributed by atoms with Crippen LogP contribution in [-0.4, -0.2) is 18.1 Å². The minimum Gasteiger partial charge on any atom is -0.468 e. The Kier molecular flexibility index (Phi) is 9.18. The number of nitrogens with one attached hydrogen (secondary N) is 1. The molecule has 2 rings (SSSR count). The van der Waals surface area contributed by atoms with Crippen molar-refractivity contribution >= 4 is 17.4 Å². The highest BCUT2D eigenvalue weighted by molar-refractivity contribution is 5.84. The van der Waals surface area contributed by atoms with Crippen molar-refractivity contribution in [3.05, 3.63) is 35.0 Å². The second kappa shape index (κ2) is 10.1. The molecule has 112 valence electrons. The van der Waals surface area contributed by atoms with Gasteiger partial charge in [-0.25, -0.2) is 0 Å². The number of aromatic amines is 1. The number of benzene rings is 1. The third-order valence-electron chi connectivity index (χ3n) is 3.02. The average molecular weight is 277 g/mol. The highest BCUT2D eigenvalue weighted by atomic mass is 16.5. The number of aryl methyl sites for hydroxylation is 3. The van der Waals surface area contributed by atoms with Crippen LogP contribution in [0.2, 0.25) is 0 Å². The molecule has 3 nitrogen and oxygen atoms in total. The quantitative estimate of drug-likeness (QED) is 0.836. The van der Waals surface area contributed by atoms with Crippen LogP contribution >= 0.6 is 0 Å². The third-order valence-corrected chi connectivity index (χ3v) is 3.02. The molecular weight excluding hydrogens is 250 g/mol. The number of H-pyrrole nitrogens is 1. The highest BCUT2D eigenvalue weighted by Crippen LogP contribution is 2.22. The first kappa shape index (κ1) is 18.2. The Balaban J connectivity index is 0.000000441. The molecule has 1 heterocycles. The van der Waals surface area contributed by atoms with Gasteiger partial charge in [-0.05, 0) is 50.5 Å². The summed E-state index contributed by atoms with van der Waals surface area (Å²) < 4.78 is 4.15. The van der Waals surface area contributed by atoms with Gasteiger partial charge in [-0.1, -0.05) is 26.8 Å². The molecule has 0 radical (unpaired) electrons. The monoisotopic (exact) mass is 277 g/mol. The lowest BCUT2D eigenvalue weighted by atomic mass is 10.1. The summed E-state index contributed by atoms with van der Waals surface area (Å²) in [6.07, 6.45) is 1.11. The minimum absolute atomic E-state index is 0.431. The second-order valence-electron chi connectivity index (χ2n) is 4.16. The van der Waals surface area contributed by atoms with Crippen LogP contribution in [0.15, 0.2) is 18.2 Å². The number of hydrogen-bond acceptors (Lipinski definition) is 2. The molecule has 3 heteroatoms. The van der Waals surface area contributed by atoms with Gasteiger partial charge >= 0.3 is 0 Å². The lowest BCUT2D eigenvalue weighted by Gasteiger charge is -1.96. The van der Waals surface area contributed by atoms with Gasteiger partial charge in [0.15, 0.2) is 0 Å². The molecule has 1 N–H and O–H groups in total. The fourth-order valence-electron chi connectivity index (χ4n) is 1.80. The van der Waals surface area contributed by atoms with Crippen LogP contribution in [0.4, 0.5) is 0 Å². The largest absolute Gasteiger partial charge is 0.468 e. The molecule has 0 saturated carbocycles. The normalized spacial score (nSPS) is 9.10. The van der Waals surface area contributed by atoms with E-state index in [2.05, 4.69) is 48.7 Å². The van der Waals surface area contributed by atoms with Crippen molar-refractivity contribution in [2.24, 2.45) is 0 Å². The summed E-state index contributed by atoms with van der Waals surface area (Å²) >= 11 is 0. The lowest BCUT2D eigenvalue weighted by molar-refractivity contribution is -0.128. The van der Waals surface area contributed by atoms with Gasteiger partial charge < -0.3 is 9.72 Å². The molecule has 20 heavy (non-hydrogen) atoms. The van der Waals surface area contributed by atoms with E-state index in [4.69, 9.17) is 0 Å². The van der Waals surface area contributed by atoms with Gasteiger partial charge in [0, 0.05) is 16.6 Å². The number of carbonyl (C=O) groups is 1. The Morgan fingerprint density at radius 2 is 1.85 bits per heavy atom. The number of carbonyl (C=O) groups excluding carboxylic acids is 1. The highest BCUT2D eigenvalue weighted by Gasteiger charge is 2.03. The van der Waals surface area contributed by atoms with Crippen LogP contribution in [0.5, 0.6) is 0 Å². The molecule has 0 atom stereocenters. The fourth-order valence-corrected chi connectivity index (χ4v) is 1.80. The van der Waals surface area contributed by atoms with E-state index in [9.17, 15) is 4.79 Å². The van der Waals surface area contributed by atoms with E-state index in [1.807, 2.05) is 13.8 Å². The van der Waals surface area contributed by atoms with E-state index in [1.54, 1.807) is 6.92 Å². The van der Waals surface area contributed by atoms with Crippen LogP contribution in [0.3, 0.4) is 0 Å². The number of rotatable bonds is 3. The Hall–Kier alpha value is -1.77. The van der Waals surface area contributed by atoms with Crippen LogP contribution < -0.4 is 0 Å².